The highest BCUT2D eigenvalue weighted by atomic mass is 19.1. The monoisotopic (exact) mass is 1000 g/mol. The van der Waals surface area contributed by atoms with Crippen LogP contribution in [0.5, 0.6) is 23.0 Å². The minimum absolute atomic E-state index is 0.0592. The summed E-state index contributed by atoms with van der Waals surface area (Å²) in [5, 5.41) is 0. The van der Waals surface area contributed by atoms with Crippen LogP contribution in [0.1, 0.15) is 119 Å². The lowest BCUT2D eigenvalue weighted by atomic mass is 9.83. The molecule has 9 nitrogen and oxygen atoms in total. The van der Waals surface area contributed by atoms with Crippen molar-refractivity contribution in [2.75, 3.05) is 66.0 Å². The van der Waals surface area contributed by atoms with Crippen molar-refractivity contribution in [3.05, 3.63) is 178 Å². The largest absolute Gasteiger partial charge is 0.497 e. The van der Waals surface area contributed by atoms with E-state index < -0.39 is 0 Å². The first-order valence-corrected chi connectivity index (χ1v) is 27.3. The number of rotatable bonds is 15. The molecule has 3 saturated heterocycles. The van der Waals surface area contributed by atoms with Crippen molar-refractivity contribution in [2.45, 2.75) is 112 Å². The van der Waals surface area contributed by atoms with Crippen molar-refractivity contribution in [1.29, 1.82) is 0 Å². The summed E-state index contributed by atoms with van der Waals surface area (Å²) in [6.45, 7) is 7.71. The van der Waals surface area contributed by atoms with Gasteiger partial charge in [0.05, 0.1) is 7.11 Å². The van der Waals surface area contributed by atoms with Crippen LogP contribution in [-0.2, 0) is 19.3 Å². The Labute approximate surface area is 434 Å². The first-order chi connectivity index (χ1) is 36.3. The zero-order valence-electron chi connectivity index (χ0n) is 42.5. The molecule has 2 aromatic heterocycles. The predicted octanol–water partition coefficient (Wildman–Crippen LogP) is 11.4. The van der Waals surface area contributed by atoms with Crippen molar-refractivity contribution in [3.8, 4) is 23.0 Å². The smallest absolute Gasteiger partial charge is 0.127 e. The summed E-state index contributed by atoms with van der Waals surface area (Å²) < 4.78 is 72.7. The number of fused-ring (bicyclic) bond motifs is 3. The molecule has 3 fully saturated rings. The van der Waals surface area contributed by atoms with E-state index in [1.807, 2.05) is 36.4 Å². The molecule has 5 unspecified atom stereocenters. The first-order valence-electron chi connectivity index (χ1n) is 27.3. The van der Waals surface area contributed by atoms with Gasteiger partial charge in [-0.1, -0.05) is 18.2 Å². The van der Waals surface area contributed by atoms with Crippen molar-refractivity contribution in [1.82, 2.24) is 24.7 Å². The molecule has 4 aromatic carbocycles. The van der Waals surface area contributed by atoms with Gasteiger partial charge in [0, 0.05) is 101 Å². The van der Waals surface area contributed by atoms with Crippen LogP contribution in [0.4, 0.5) is 13.2 Å². The fourth-order valence-corrected chi connectivity index (χ4v) is 13.7. The van der Waals surface area contributed by atoms with Gasteiger partial charge in [0.2, 0.25) is 0 Å². The number of halogens is 3. The lowest BCUT2D eigenvalue weighted by Crippen LogP contribution is -2.40. The second-order valence-corrected chi connectivity index (χ2v) is 22.0. The summed E-state index contributed by atoms with van der Waals surface area (Å²) >= 11 is 0. The molecular weight excluding hydrogens is 936 g/mol. The number of hydrogen-bond acceptors (Lipinski definition) is 9. The minimum atomic E-state index is -0.270. The summed E-state index contributed by atoms with van der Waals surface area (Å²) in [4.78, 5) is 15.8. The van der Waals surface area contributed by atoms with Gasteiger partial charge in [0.1, 0.15) is 58.8 Å². The van der Waals surface area contributed by atoms with Gasteiger partial charge in [0.15, 0.2) is 0 Å². The average molecular weight is 1000 g/mol. The Morgan fingerprint density at radius 3 is 1.51 bits per heavy atom. The molecule has 0 amide bonds. The average Bonchev–Trinajstić information content (AvgIpc) is 4.12. The molecule has 12 heteroatoms. The topological polar surface area (TPSA) is 72.4 Å². The van der Waals surface area contributed by atoms with Crippen molar-refractivity contribution < 1.29 is 32.1 Å². The first kappa shape index (κ1) is 49.0. The summed E-state index contributed by atoms with van der Waals surface area (Å²) in [5.74, 6) is 2.93. The van der Waals surface area contributed by atoms with Gasteiger partial charge in [-0.25, -0.2) is 13.2 Å². The summed E-state index contributed by atoms with van der Waals surface area (Å²) in [6, 6.07) is 28.7. The Bertz CT molecular complexity index is 2870. The quantitative estimate of drug-likeness (QED) is 0.100. The Kier molecular flexibility index (Phi) is 14.4. The van der Waals surface area contributed by atoms with Crippen LogP contribution in [0.2, 0.25) is 0 Å². The fraction of sp³-hybridized carbons (Fsp3) is 0.452. The fourth-order valence-electron chi connectivity index (χ4n) is 13.7. The van der Waals surface area contributed by atoms with Gasteiger partial charge in [-0.2, -0.15) is 0 Å². The number of aryl methyl sites for hydroxylation is 1. The number of likely N-dealkylation sites (tertiary alicyclic amines) is 3. The molecule has 5 atom stereocenters. The van der Waals surface area contributed by atoms with E-state index in [1.54, 1.807) is 44.0 Å². The lowest BCUT2D eigenvalue weighted by Gasteiger charge is -2.36. The second-order valence-electron chi connectivity index (χ2n) is 22.0. The number of nitrogens with zero attached hydrogens (tertiary/aromatic N) is 5. The molecule has 6 aromatic rings. The Balaban J connectivity index is 0.787. The molecule has 0 saturated carbocycles. The van der Waals surface area contributed by atoms with Gasteiger partial charge < -0.3 is 33.6 Å². The third-order valence-corrected chi connectivity index (χ3v) is 17.5. The number of aromatic nitrogens is 2. The second kappa shape index (κ2) is 21.7. The van der Waals surface area contributed by atoms with E-state index in [9.17, 15) is 4.39 Å². The third kappa shape index (κ3) is 10.6. The number of methoxy groups -OCH3 is 1. The van der Waals surface area contributed by atoms with Crippen LogP contribution in [0.15, 0.2) is 116 Å². The normalized spacial score (nSPS) is 23.9. The maximum Gasteiger partial charge on any atom is 0.127 e. The summed E-state index contributed by atoms with van der Waals surface area (Å²) in [7, 11) is 1.73. The van der Waals surface area contributed by atoms with E-state index in [0.717, 1.165) is 161 Å². The number of benzene rings is 4. The molecule has 12 rings (SSSR count). The predicted molar refractivity (Wildman–Crippen MR) is 280 cm³/mol. The maximum absolute atomic E-state index is 17.6. The molecule has 386 valence electrons. The molecular formula is C62H68F3N5O4. The molecule has 74 heavy (non-hydrogen) atoms. The minimum Gasteiger partial charge on any atom is -0.497 e. The zero-order chi connectivity index (χ0) is 50.1. The highest BCUT2D eigenvalue weighted by Crippen LogP contribution is 2.52. The zero-order valence-corrected chi connectivity index (χ0v) is 42.5. The van der Waals surface area contributed by atoms with E-state index in [2.05, 4.69) is 55.0 Å². The molecule has 6 aliphatic rings. The molecule has 0 N–H and O–H groups in total. The van der Waals surface area contributed by atoms with Gasteiger partial charge in [-0.15, -0.1) is 0 Å². The van der Waals surface area contributed by atoms with Crippen LogP contribution < -0.4 is 18.9 Å². The maximum atomic E-state index is 17.6. The van der Waals surface area contributed by atoms with Crippen molar-refractivity contribution in [3.63, 3.8) is 0 Å². The number of hydrogen-bond donors (Lipinski definition) is 0. The Morgan fingerprint density at radius 1 is 0.473 bits per heavy atom. The van der Waals surface area contributed by atoms with Crippen molar-refractivity contribution in [2.24, 2.45) is 0 Å². The lowest BCUT2D eigenvalue weighted by molar-refractivity contribution is 0.0955. The number of pyridine rings is 2. The van der Waals surface area contributed by atoms with Crippen molar-refractivity contribution >= 4 is 0 Å². The summed E-state index contributed by atoms with van der Waals surface area (Å²) in [6.07, 6.45) is 16.1. The molecule has 3 aliphatic carbocycles. The van der Waals surface area contributed by atoms with Gasteiger partial charge in [-0.05, 0) is 193 Å². The molecule has 0 radical (unpaired) electrons. The standard InChI is InChI=1S/C62H68F3N5O4/c1-71-53-7-4-40-32-54(57(56(40)36-53)38-69-26-16-51(17-27-69)73-48-10-20-66-21-11-48)44-31-45-33-55(58(62(45)60(65)35-44)39-70-28-18-52(19-29-70)74-49-12-22-67-23-13-49)43-30-41-2-3-42(61(41)59(64)34-43)37-68-24-14-50(15-25-68)72-47-8-5-46(63)6-9-47/h4-13,20-23,30-31,34-36,42,50-52,54-55,57-58H,2-3,14-19,24-29,32-33,37-39H2,1H3. The Morgan fingerprint density at radius 2 is 0.946 bits per heavy atom. The van der Waals surface area contributed by atoms with Gasteiger partial charge >= 0.3 is 0 Å². The van der Waals surface area contributed by atoms with Crippen LogP contribution in [0.25, 0.3) is 0 Å². The summed E-state index contributed by atoms with van der Waals surface area (Å²) in [5.41, 5.74) is 8.50. The van der Waals surface area contributed by atoms with E-state index in [-0.39, 0.29) is 65.4 Å². The third-order valence-electron chi connectivity index (χ3n) is 17.5. The van der Waals surface area contributed by atoms with Gasteiger partial charge in [-0.3, -0.25) is 9.97 Å². The molecule has 3 aliphatic heterocycles. The van der Waals surface area contributed by atoms with Crippen LogP contribution in [0, 0.1) is 17.5 Å². The van der Waals surface area contributed by atoms with E-state index in [1.165, 1.54) is 23.3 Å². The Hall–Kier alpha value is -5.95. The molecule has 0 spiro atoms. The van der Waals surface area contributed by atoms with Crippen LogP contribution >= 0.6 is 0 Å². The highest BCUT2D eigenvalue weighted by Gasteiger charge is 2.42. The number of ether oxygens (including phenoxy) is 4. The van der Waals surface area contributed by atoms with Crippen LogP contribution in [-0.4, -0.2) is 109 Å². The molecule has 5 heterocycles. The van der Waals surface area contributed by atoms with E-state index >= 15 is 8.78 Å². The molecule has 0 bridgehead atoms. The number of piperidine rings is 3. The van der Waals surface area contributed by atoms with Gasteiger partial charge in [0.25, 0.3) is 0 Å². The SMILES string of the molecule is COc1ccc2c(c1)C(CN1CCC(Oc3ccncc3)CC1)C(c1cc(F)c3c(c1)CC(c1cc(F)c4c(c1)CCC4CN1CCC(Oc4ccc(F)cc4)CC1)C3CN1CCC(Oc3ccncc3)CC1)C2. The highest BCUT2D eigenvalue weighted by molar-refractivity contribution is 5.52. The van der Waals surface area contributed by atoms with E-state index in [4.69, 9.17) is 18.9 Å². The van der Waals surface area contributed by atoms with Crippen LogP contribution in [0.3, 0.4) is 0 Å². The van der Waals surface area contributed by atoms with E-state index in [0.29, 0.717) is 18.7 Å².